The van der Waals surface area contributed by atoms with Gasteiger partial charge < -0.3 is 9.47 Å². The average Bonchev–Trinajstić information content (AvgIpc) is 2.37. The quantitative estimate of drug-likeness (QED) is 0.593. The molecule has 5 nitrogen and oxygen atoms in total. The van der Waals surface area contributed by atoms with Crippen LogP contribution in [0.25, 0.3) is 0 Å². The molecule has 0 unspecified atom stereocenters. The first-order valence-electron chi connectivity index (χ1n) is 5.20. The van der Waals surface area contributed by atoms with E-state index in [-0.39, 0.29) is 13.2 Å². The SMILES string of the molecule is COC[C@@](C)(ON)C(=O)OCc1ccccc1. The number of methoxy groups -OCH3 is 1. The molecular weight excluding hydrogens is 222 g/mol. The summed E-state index contributed by atoms with van der Waals surface area (Å²) in [4.78, 5) is 16.4. The van der Waals surface area contributed by atoms with Gasteiger partial charge in [-0.25, -0.2) is 10.7 Å². The van der Waals surface area contributed by atoms with Crippen molar-refractivity contribution in [1.82, 2.24) is 0 Å². The Hall–Kier alpha value is -1.43. The molecule has 0 aliphatic carbocycles. The molecule has 1 rings (SSSR count). The first-order chi connectivity index (χ1) is 8.12. The highest BCUT2D eigenvalue weighted by Gasteiger charge is 2.36. The summed E-state index contributed by atoms with van der Waals surface area (Å²) in [5.74, 6) is 4.53. The van der Waals surface area contributed by atoms with Crippen LogP contribution in [0.1, 0.15) is 12.5 Å². The van der Waals surface area contributed by atoms with Crippen LogP contribution in [0, 0.1) is 0 Å². The minimum Gasteiger partial charge on any atom is -0.459 e. The van der Waals surface area contributed by atoms with E-state index in [0.717, 1.165) is 5.56 Å². The molecule has 0 amide bonds. The normalized spacial score (nSPS) is 14.1. The van der Waals surface area contributed by atoms with Gasteiger partial charge in [0.05, 0.1) is 6.61 Å². The maximum atomic E-state index is 11.8. The monoisotopic (exact) mass is 239 g/mol. The summed E-state index contributed by atoms with van der Waals surface area (Å²) in [5.41, 5.74) is -0.374. The van der Waals surface area contributed by atoms with E-state index >= 15 is 0 Å². The van der Waals surface area contributed by atoms with Crippen LogP contribution in [0.3, 0.4) is 0 Å². The van der Waals surface area contributed by atoms with Crippen LogP contribution in [-0.2, 0) is 25.7 Å². The zero-order chi connectivity index (χ0) is 12.7. The van der Waals surface area contributed by atoms with Crippen molar-refractivity contribution in [1.29, 1.82) is 0 Å². The van der Waals surface area contributed by atoms with Gasteiger partial charge in [0.15, 0.2) is 0 Å². The molecule has 94 valence electrons. The summed E-state index contributed by atoms with van der Waals surface area (Å²) in [6.45, 7) is 1.74. The van der Waals surface area contributed by atoms with E-state index in [1.807, 2.05) is 30.3 Å². The number of hydrogen-bond donors (Lipinski definition) is 1. The number of esters is 1. The molecular formula is C12H17NO4. The third-order valence-corrected chi connectivity index (χ3v) is 2.32. The Kier molecular flexibility index (Phi) is 5.09. The summed E-state index contributed by atoms with van der Waals surface area (Å²) < 4.78 is 9.98. The standard InChI is InChI=1S/C12H17NO4/c1-12(17-13,9-15-2)11(14)16-8-10-6-4-3-5-7-10/h3-7H,8-9,13H2,1-2H3/t12-/m1/s1. The van der Waals surface area contributed by atoms with Crippen molar-refractivity contribution in [2.45, 2.75) is 19.1 Å². The molecule has 0 aromatic heterocycles. The number of rotatable bonds is 6. The van der Waals surface area contributed by atoms with E-state index in [4.69, 9.17) is 15.4 Å². The van der Waals surface area contributed by atoms with Gasteiger partial charge >= 0.3 is 5.97 Å². The second-order valence-electron chi connectivity index (χ2n) is 3.84. The topological polar surface area (TPSA) is 70.8 Å². The molecule has 0 heterocycles. The van der Waals surface area contributed by atoms with Crippen LogP contribution in [0.15, 0.2) is 30.3 Å². The molecule has 0 spiro atoms. The Labute approximate surface area is 100 Å². The number of carbonyl (C=O) groups excluding carboxylic acids is 1. The fourth-order valence-electron chi connectivity index (χ4n) is 1.29. The van der Waals surface area contributed by atoms with Crippen molar-refractivity contribution in [3.8, 4) is 0 Å². The lowest BCUT2D eigenvalue weighted by atomic mass is 10.1. The van der Waals surface area contributed by atoms with Crippen molar-refractivity contribution in [3.05, 3.63) is 35.9 Å². The zero-order valence-corrected chi connectivity index (χ0v) is 10.0. The molecule has 0 aliphatic heterocycles. The Morgan fingerprint density at radius 3 is 2.53 bits per heavy atom. The van der Waals surface area contributed by atoms with Gasteiger partial charge in [0.2, 0.25) is 5.60 Å². The van der Waals surface area contributed by atoms with Gasteiger partial charge in [-0.3, -0.25) is 4.84 Å². The van der Waals surface area contributed by atoms with Crippen LogP contribution in [0.4, 0.5) is 0 Å². The molecule has 0 bridgehead atoms. The van der Waals surface area contributed by atoms with Crippen LogP contribution in [-0.4, -0.2) is 25.3 Å². The van der Waals surface area contributed by atoms with Gasteiger partial charge in [-0.05, 0) is 12.5 Å². The lowest BCUT2D eigenvalue weighted by molar-refractivity contribution is -0.179. The largest absolute Gasteiger partial charge is 0.459 e. The third kappa shape index (κ3) is 3.81. The highest BCUT2D eigenvalue weighted by molar-refractivity contribution is 5.79. The van der Waals surface area contributed by atoms with Gasteiger partial charge in [0.1, 0.15) is 6.61 Å². The Morgan fingerprint density at radius 2 is 2.00 bits per heavy atom. The van der Waals surface area contributed by atoms with Crippen molar-refractivity contribution in [2.24, 2.45) is 5.90 Å². The maximum absolute atomic E-state index is 11.8. The van der Waals surface area contributed by atoms with Crippen LogP contribution < -0.4 is 5.90 Å². The number of carbonyl (C=O) groups is 1. The molecule has 1 atom stereocenters. The summed E-state index contributed by atoms with van der Waals surface area (Å²) in [6, 6.07) is 9.37. The smallest absolute Gasteiger partial charge is 0.343 e. The Balaban J connectivity index is 2.54. The highest BCUT2D eigenvalue weighted by Crippen LogP contribution is 2.12. The third-order valence-electron chi connectivity index (χ3n) is 2.32. The second-order valence-corrected chi connectivity index (χ2v) is 3.84. The van der Waals surface area contributed by atoms with Crippen LogP contribution in [0.5, 0.6) is 0 Å². The first-order valence-corrected chi connectivity index (χ1v) is 5.20. The Bertz CT molecular complexity index is 355. The molecule has 5 heteroatoms. The fraction of sp³-hybridized carbons (Fsp3) is 0.417. The minimum absolute atomic E-state index is 0.0388. The van der Waals surface area contributed by atoms with Gasteiger partial charge in [-0.2, -0.15) is 0 Å². The predicted octanol–water partition coefficient (Wildman–Crippen LogP) is 1.03. The van der Waals surface area contributed by atoms with Crippen LogP contribution >= 0.6 is 0 Å². The maximum Gasteiger partial charge on any atom is 0.343 e. The number of ether oxygens (including phenoxy) is 2. The molecule has 0 radical (unpaired) electrons. The molecule has 1 aromatic rings. The lowest BCUT2D eigenvalue weighted by Gasteiger charge is -2.23. The van der Waals surface area contributed by atoms with E-state index in [2.05, 4.69) is 4.84 Å². The summed E-state index contributed by atoms with van der Waals surface area (Å²) in [7, 11) is 1.46. The molecule has 2 N–H and O–H groups in total. The average molecular weight is 239 g/mol. The summed E-state index contributed by atoms with van der Waals surface area (Å²) >= 11 is 0. The van der Waals surface area contributed by atoms with Gasteiger partial charge in [-0.15, -0.1) is 0 Å². The van der Waals surface area contributed by atoms with Crippen molar-refractivity contribution >= 4 is 5.97 Å². The molecule has 0 saturated heterocycles. The van der Waals surface area contributed by atoms with E-state index in [0.29, 0.717) is 0 Å². The van der Waals surface area contributed by atoms with E-state index in [9.17, 15) is 4.79 Å². The fourth-order valence-corrected chi connectivity index (χ4v) is 1.29. The van der Waals surface area contributed by atoms with E-state index in [1.165, 1.54) is 14.0 Å². The molecule has 1 aromatic carbocycles. The summed E-state index contributed by atoms with van der Waals surface area (Å²) in [6.07, 6.45) is 0. The molecule has 17 heavy (non-hydrogen) atoms. The van der Waals surface area contributed by atoms with Crippen LogP contribution in [0.2, 0.25) is 0 Å². The van der Waals surface area contributed by atoms with Gasteiger partial charge in [0, 0.05) is 7.11 Å². The van der Waals surface area contributed by atoms with Crippen molar-refractivity contribution < 1.29 is 19.1 Å². The minimum atomic E-state index is -1.27. The number of benzene rings is 1. The second kappa shape index (κ2) is 6.34. The van der Waals surface area contributed by atoms with Crippen molar-refractivity contribution in [3.63, 3.8) is 0 Å². The number of hydrogen-bond acceptors (Lipinski definition) is 5. The predicted molar refractivity (Wildman–Crippen MR) is 61.8 cm³/mol. The lowest BCUT2D eigenvalue weighted by Crippen LogP contribution is -2.46. The zero-order valence-electron chi connectivity index (χ0n) is 10.0. The molecule has 0 aliphatic rings. The highest BCUT2D eigenvalue weighted by atomic mass is 16.7. The Morgan fingerprint density at radius 1 is 1.35 bits per heavy atom. The van der Waals surface area contributed by atoms with Gasteiger partial charge in [-0.1, -0.05) is 30.3 Å². The van der Waals surface area contributed by atoms with Gasteiger partial charge in [0.25, 0.3) is 0 Å². The first kappa shape index (κ1) is 13.6. The van der Waals surface area contributed by atoms with E-state index < -0.39 is 11.6 Å². The number of nitrogens with two attached hydrogens (primary N) is 1. The molecule has 0 saturated carbocycles. The molecule has 0 fully saturated rings. The van der Waals surface area contributed by atoms with E-state index in [1.54, 1.807) is 0 Å². The summed E-state index contributed by atoms with van der Waals surface area (Å²) in [5, 5.41) is 0. The van der Waals surface area contributed by atoms with Crippen molar-refractivity contribution in [2.75, 3.05) is 13.7 Å².